The van der Waals surface area contributed by atoms with Crippen LogP contribution in [0.1, 0.15) is 16.8 Å². The Balaban J connectivity index is 2.14. The Bertz CT molecular complexity index is 506. The number of ketones is 1. The lowest BCUT2D eigenvalue weighted by Gasteiger charge is -2.28. The molecule has 4 nitrogen and oxygen atoms in total. The van der Waals surface area contributed by atoms with E-state index in [1.54, 1.807) is 23.2 Å². The number of carbonyl (C=O) groups excluding carboxylic acids is 2. The fourth-order valence-electron chi connectivity index (χ4n) is 2.13. The molecule has 0 aromatic heterocycles. The molecule has 0 bridgehead atoms. The minimum atomic E-state index is -0.0160. The van der Waals surface area contributed by atoms with E-state index in [2.05, 4.69) is 0 Å². The van der Waals surface area contributed by atoms with Crippen molar-refractivity contribution < 1.29 is 9.59 Å². The molecule has 100 valence electrons. The van der Waals surface area contributed by atoms with Crippen molar-refractivity contribution in [1.29, 1.82) is 0 Å². The lowest BCUT2D eigenvalue weighted by atomic mass is 10.0. The average Bonchev–Trinajstić information content (AvgIpc) is 2.41. The Morgan fingerprint density at radius 3 is 2.58 bits per heavy atom. The maximum Gasteiger partial charge on any atom is 0.254 e. The van der Waals surface area contributed by atoms with Crippen LogP contribution in [0.3, 0.4) is 0 Å². The fourth-order valence-corrected chi connectivity index (χ4v) is 2.13. The second-order valence-electron chi connectivity index (χ2n) is 4.88. The second-order valence-corrected chi connectivity index (χ2v) is 4.88. The number of nitrogens with zero attached hydrogens (tertiary/aromatic N) is 2. The van der Waals surface area contributed by atoms with Gasteiger partial charge in [0.25, 0.3) is 5.91 Å². The van der Waals surface area contributed by atoms with Crippen molar-refractivity contribution in [3.8, 4) is 0 Å². The molecular formula is C15H18N2O2. The first-order valence-corrected chi connectivity index (χ1v) is 6.32. The number of rotatable bonds is 2. The summed E-state index contributed by atoms with van der Waals surface area (Å²) in [5, 5.41) is 0. The van der Waals surface area contributed by atoms with E-state index in [1.807, 2.05) is 37.2 Å². The van der Waals surface area contributed by atoms with E-state index in [-0.39, 0.29) is 11.7 Å². The maximum absolute atomic E-state index is 12.3. The van der Waals surface area contributed by atoms with Gasteiger partial charge in [0, 0.05) is 44.4 Å². The number of carbonyl (C=O) groups is 2. The molecule has 0 radical (unpaired) electrons. The van der Waals surface area contributed by atoms with E-state index < -0.39 is 0 Å². The van der Waals surface area contributed by atoms with Gasteiger partial charge in [0.15, 0.2) is 5.78 Å². The summed E-state index contributed by atoms with van der Waals surface area (Å²) < 4.78 is 0. The molecule has 0 N–H and O–H groups in total. The normalized spacial score (nSPS) is 17.7. The molecule has 1 fully saturated rings. The Morgan fingerprint density at radius 1 is 1.26 bits per heavy atom. The zero-order valence-corrected chi connectivity index (χ0v) is 11.3. The smallest absolute Gasteiger partial charge is 0.254 e. The average molecular weight is 258 g/mol. The maximum atomic E-state index is 12.3. The van der Waals surface area contributed by atoms with Crippen LogP contribution >= 0.6 is 0 Å². The van der Waals surface area contributed by atoms with Gasteiger partial charge in [-0.05, 0) is 12.1 Å². The first kappa shape index (κ1) is 13.3. The Morgan fingerprint density at radius 2 is 1.95 bits per heavy atom. The SMILES string of the molecule is CN(C)/C=C1/CN(C(=O)c2ccccc2)CCC1=O. The van der Waals surface area contributed by atoms with E-state index in [4.69, 9.17) is 0 Å². The summed E-state index contributed by atoms with van der Waals surface area (Å²) in [6, 6.07) is 9.17. The van der Waals surface area contributed by atoms with Gasteiger partial charge in [-0.1, -0.05) is 18.2 Å². The summed E-state index contributed by atoms with van der Waals surface area (Å²) in [6.45, 7) is 0.891. The van der Waals surface area contributed by atoms with Crippen molar-refractivity contribution in [3.05, 3.63) is 47.7 Å². The molecule has 1 heterocycles. The predicted molar refractivity (Wildman–Crippen MR) is 73.7 cm³/mol. The van der Waals surface area contributed by atoms with Gasteiger partial charge in [0.1, 0.15) is 0 Å². The molecule has 2 rings (SSSR count). The number of likely N-dealkylation sites (tertiary alicyclic amines) is 1. The third-order valence-electron chi connectivity index (χ3n) is 3.05. The molecule has 0 atom stereocenters. The molecule has 0 spiro atoms. The van der Waals surface area contributed by atoms with Crippen LogP contribution in [0.25, 0.3) is 0 Å². The molecule has 19 heavy (non-hydrogen) atoms. The summed E-state index contributed by atoms with van der Waals surface area (Å²) >= 11 is 0. The minimum absolute atomic E-state index is 0.0160. The Labute approximate surface area is 113 Å². The third kappa shape index (κ3) is 3.22. The monoisotopic (exact) mass is 258 g/mol. The molecule has 1 aromatic rings. The summed E-state index contributed by atoms with van der Waals surface area (Å²) in [5.74, 6) is 0.114. The largest absolute Gasteiger partial charge is 0.383 e. The van der Waals surface area contributed by atoms with Gasteiger partial charge in [-0.2, -0.15) is 0 Å². The minimum Gasteiger partial charge on any atom is -0.383 e. The quantitative estimate of drug-likeness (QED) is 0.756. The standard InChI is InChI=1S/C15H18N2O2/c1-16(2)10-13-11-17(9-8-14(13)18)15(19)12-6-4-3-5-7-12/h3-7,10H,8-9,11H2,1-2H3/b13-10-. The van der Waals surface area contributed by atoms with E-state index in [0.717, 1.165) is 0 Å². The molecule has 0 aliphatic carbocycles. The fraction of sp³-hybridized carbons (Fsp3) is 0.333. The van der Waals surface area contributed by atoms with Gasteiger partial charge in [-0.25, -0.2) is 0 Å². The van der Waals surface area contributed by atoms with Crippen molar-refractivity contribution >= 4 is 11.7 Å². The van der Waals surface area contributed by atoms with E-state index >= 15 is 0 Å². The van der Waals surface area contributed by atoms with Crippen molar-refractivity contribution in [2.45, 2.75) is 6.42 Å². The van der Waals surface area contributed by atoms with Gasteiger partial charge in [-0.3, -0.25) is 9.59 Å². The summed E-state index contributed by atoms with van der Waals surface area (Å²) in [5.41, 5.74) is 1.36. The van der Waals surface area contributed by atoms with E-state index in [9.17, 15) is 9.59 Å². The molecule has 1 aromatic carbocycles. The van der Waals surface area contributed by atoms with Crippen LogP contribution in [0.5, 0.6) is 0 Å². The number of piperidine rings is 1. The van der Waals surface area contributed by atoms with Crippen LogP contribution in [0.15, 0.2) is 42.1 Å². The van der Waals surface area contributed by atoms with Crippen molar-refractivity contribution in [3.63, 3.8) is 0 Å². The lowest BCUT2D eigenvalue weighted by Crippen LogP contribution is -2.40. The molecule has 1 saturated heterocycles. The van der Waals surface area contributed by atoms with Gasteiger partial charge in [-0.15, -0.1) is 0 Å². The topological polar surface area (TPSA) is 40.6 Å². The number of amides is 1. The van der Waals surface area contributed by atoms with Gasteiger partial charge >= 0.3 is 0 Å². The van der Waals surface area contributed by atoms with Crippen LogP contribution in [0.2, 0.25) is 0 Å². The lowest BCUT2D eigenvalue weighted by molar-refractivity contribution is -0.117. The zero-order valence-electron chi connectivity index (χ0n) is 11.3. The molecule has 1 amide bonds. The molecule has 4 heteroatoms. The van der Waals surface area contributed by atoms with E-state index in [0.29, 0.717) is 30.6 Å². The molecule has 1 aliphatic rings. The highest BCUT2D eigenvalue weighted by Gasteiger charge is 2.25. The van der Waals surface area contributed by atoms with Crippen LogP contribution in [0.4, 0.5) is 0 Å². The van der Waals surface area contributed by atoms with E-state index in [1.165, 1.54) is 0 Å². The number of hydrogen-bond acceptors (Lipinski definition) is 3. The third-order valence-corrected chi connectivity index (χ3v) is 3.05. The molecule has 0 unspecified atom stereocenters. The highest BCUT2D eigenvalue weighted by atomic mass is 16.2. The Hall–Kier alpha value is -2.10. The highest BCUT2D eigenvalue weighted by Crippen LogP contribution is 2.15. The molecule has 1 aliphatic heterocycles. The first-order valence-electron chi connectivity index (χ1n) is 6.32. The predicted octanol–water partition coefficient (Wildman–Crippen LogP) is 1.55. The van der Waals surface area contributed by atoms with Crippen molar-refractivity contribution in [1.82, 2.24) is 9.80 Å². The molecule has 0 saturated carbocycles. The van der Waals surface area contributed by atoms with Gasteiger partial charge < -0.3 is 9.80 Å². The number of benzene rings is 1. The summed E-state index contributed by atoms with van der Waals surface area (Å²) in [7, 11) is 3.75. The van der Waals surface area contributed by atoms with Crippen molar-refractivity contribution in [2.24, 2.45) is 0 Å². The highest BCUT2D eigenvalue weighted by molar-refractivity contribution is 6.00. The summed E-state index contributed by atoms with van der Waals surface area (Å²) in [6.07, 6.45) is 2.20. The second kappa shape index (κ2) is 5.69. The zero-order chi connectivity index (χ0) is 13.8. The number of Topliss-reactive ketones (excluding diaryl/α,β-unsaturated/α-hetero) is 1. The van der Waals surface area contributed by atoms with Crippen LogP contribution in [-0.2, 0) is 4.79 Å². The van der Waals surface area contributed by atoms with Gasteiger partial charge in [0.2, 0.25) is 0 Å². The first-order chi connectivity index (χ1) is 9.08. The Kier molecular flexibility index (Phi) is 4.00. The molecular weight excluding hydrogens is 240 g/mol. The number of hydrogen-bond donors (Lipinski definition) is 0. The van der Waals surface area contributed by atoms with Crippen molar-refractivity contribution in [2.75, 3.05) is 27.2 Å². The van der Waals surface area contributed by atoms with Crippen LogP contribution in [-0.4, -0.2) is 48.7 Å². The van der Waals surface area contributed by atoms with Crippen LogP contribution in [0, 0.1) is 0 Å². The van der Waals surface area contributed by atoms with Crippen LogP contribution < -0.4 is 0 Å². The van der Waals surface area contributed by atoms with Gasteiger partial charge in [0.05, 0.1) is 6.54 Å². The summed E-state index contributed by atoms with van der Waals surface area (Å²) in [4.78, 5) is 27.7.